The number of nitrogens with one attached hydrogen (secondary N) is 2. The van der Waals surface area contributed by atoms with E-state index in [1.807, 2.05) is 24.3 Å². The van der Waals surface area contributed by atoms with Gasteiger partial charge in [-0.2, -0.15) is 5.10 Å². The van der Waals surface area contributed by atoms with Gasteiger partial charge in [-0.05, 0) is 37.0 Å². The highest BCUT2D eigenvalue weighted by Gasteiger charge is 2.25. The van der Waals surface area contributed by atoms with Gasteiger partial charge in [-0.15, -0.1) is 0 Å². The van der Waals surface area contributed by atoms with Crippen molar-refractivity contribution < 1.29 is 4.79 Å². The minimum atomic E-state index is -0.0772. The number of hydrogen-bond acceptors (Lipinski definition) is 4. The Hall–Kier alpha value is -2.41. The van der Waals surface area contributed by atoms with E-state index in [0.29, 0.717) is 5.69 Å². The summed E-state index contributed by atoms with van der Waals surface area (Å²) in [7, 11) is 1.87. The van der Waals surface area contributed by atoms with E-state index in [1.54, 1.807) is 12.4 Å². The van der Waals surface area contributed by atoms with Crippen molar-refractivity contribution in [3.8, 4) is 0 Å². The number of amides is 2. The minimum Gasteiger partial charge on any atom is -0.325 e. The summed E-state index contributed by atoms with van der Waals surface area (Å²) < 4.78 is 0. The number of H-pyrrole nitrogens is 1. The van der Waals surface area contributed by atoms with Gasteiger partial charge in [-0.3, -0.25) is 10.1 Å². The molecule has 1 aliphatic rings. The molecule has 2 aromatic heterocycles. The van der Waals surface area contributed by atoms with E-state index in [9.17, 15) is 4.79 Å². The number of aromatic nitrogens is 3. The standard InChI is InChI=1S/C17H24N6O/c1-22(17(24)21-15-12-19-20-13-15)16-5-10-23(11-6-16)9-4-14-2-7-18-8-3-14/h2-3,7-8,12-13,16H,4-6,9-11H2,1H3,(H,19,20)(H,21,24). The van der Waals surface area contributed by atoms with Crippen LogP contribution < -0.4 is 5.32 Å². The molecular formula is C17H24N6O. The van der Waals surface area contributed by atoms with Crippen molar-refractivity contribution in [1.82, 2.24) is 25.0 Å². The molecule has 1 fully saturated rings. The quantitative estimate of drug-likeness (QED) is 0.880. The van der Waals surface area contributed by atoms with Crippen LogP contribution in [0.4, 0.5) is 10.5 Å². The van der Waals surface area contributed by atoms with E-state index in [1.165, 1.54) is 5.56 Å². The number of pyridine rings is 1. The van der Waals surface area contributed by atoms with Crippen molar-refractivity contribution in [1.29, 1.82) is 0 Å². The Morgan fingerprint density at radius 2 is 2.12 bits per heavy atom. The number of rotatable bonds is 5. The van der Waals surface area contributed by atoms with Crippen LogP contribution in [0, 0.1) is 0 Å². The zero-order chi connectivity index (χ0) is 16.8. The van der Waals surface area contributed by atoms with Gasteiger partial charge in [0.05, 0.1) is 11.9 Å². The second-order valence-electron chi connectivity index (χ2n) is 6.21. The summed E-state index contributed by atoms with van der Waals surface area (Å²) in [5.74, 6) is 0. The second kappa shape index (κ2) is 7.92. The number of hydrogen-bond donors (Lipinski definition) is 2. The maximum atomic E-state index is 12.3. The lowest BCUT2D eigenvalue weighted by Gasteiger charge is -2.36. The Morgan fingerprint density at radius 1 is 1.38 bits per heavy atom. The van der Waals surface area contributed by atoms with E-state index in [2.05, 4.69) is 37.5 Å². The van der Waals surface area contributed by atoms with Gasteiger partial charge >= 0.3 is 6.03 Å². The third kappa shape index (κ3) is 4.32. The molecule has 0 aliphatic carbocycles. The third-order valence-corrected chi connectivity index (χ3v) is 4.64. The number of anilines is 1. The van der Waals surface area contributed by atoms with Crippen LogP contribution in [-0.2, 0) is 6.42 Å². The molecule has 1 aliphatic heterocycles. The van der Waals surface area contributed by atoms with Gasteiger partial charge in [0, 0.05) is 51.3 Å². The Kier molecular flexibility index (Phi) is 5.43. The molecule has 2 aromatic rings. The molecule has 0 unspecified atom stereocenters. The molecule has 1 saturated heterocycles. The predicted molar refractivity (Wildman–Crippen MR) is 92.8 cm³/mol. The fourth-order valence-corrected chi connectivity index (χ4v) is 3.06. The zero-order valence-electron chi connectivity index (χ0n) is 14.0. The molecular weight excluding hydrogens is 304 g/mol. The third-order valence-electron chi connectivity index (χ3n) is 4.64. The van der Waals surface area contributed by atoms with Gasteiger partial charge in [-0.25, -0.2) is 4.79 Å². The molecule has 3 heterocycles. The van der Waals surface area contributed by atoms with Crippen LogP contribution in [0.25, 0.3) is 0 Å². The Bertz CT molecular complexity index is 622. The number of aromatic amines is 1. The van der Waals surface area contributed by atoms with Crippen LogP contribution in [0.1, 0.15) is 18.4 Å². The first-order valence-electron chi connectivity index (χ1n) is 8.36. The first-order chi connectivity index (χ1) is 11.7. The summed E-state index contributed by atoms with van der Waals surface area (Å²) in [6.07, 6.45) is 10.0. The highest BCUT2D eigenvalue weighted by atomic mass is 16.2. The van der Waals surface area contributed by atoms with Gasteiger partial charge in [0.1, 0.15) is 0 Å². The summed E-state index contributed by atoms with van der Waals surface area (Å²) >= 11 is 0. The smallest absolute Gasteiger partial charge is 0.321 e. The molecule has 2 amide bonds. The van der Waals surface area contributed by atoms with E-state index in [0.717, 1.165) is 38.9 Å². The van der Waals surface area contributed by atoms with Gasteiger partial charge in [0.25, 0.3) is 0 Å². The highest BCUT2D eigenvalue weighted by Crippen LogP contribution is 2.17. The number of piperidine rings is 1. The molecule has 0 saturated carbocycles. The first kappa shape index (κ1) is 16.4. The Morgan fingerprint density at radius 3 is 2.79 bits per heavy atom. The lowest BCUT2D eigenvalue weighted by atomic mass is 10.0. The lowest BCUT2D eigenvalue weighted by molar-refractivity contribution is 0.142. The molecule has 0 aromatic carbocycles. The second-order valence-corrected chi connectivity index (χ2v) is 6.21. The summed E-state index contributed by atoms with van der Waals surface area (Å²) in [5, 5.41) is 9.38. The number of urea groups is 1. The van der Waals surface area contributed by atoms with Gasteiger partial charge < -0.3 is 15.1 Å². The Labute approximate surface area is 142 Å². The van der Waals surface area contributed by atoms with Crippen LogP contribution in [0.15, 0.2) is 36.9 Å². The monoisotopic (exact) mass is 328 g/mol. The molecule has 0 spiro atoms. The topological polar surface area (TPSA) is 77.2 Å². The largest absolute Gasteiger partial charge is 0.325 e. The maximum absolute atomic E-state index is 12.3. The van der Waals surface area contributed by atoms with Crippen LogP contribution in [-0.4, -0.2) is 63.7 Å². The van der Waals surface area contributed by atoms with Crippen LogP contribution in [0.2, 0.25) is 0 Å². The average molecular weight is 328 g/mol. The summed E-state index contributed by atoms with van der Waals surface area (Å²) in [5.41, 5.74) is 2.02. The molecule has 0 radical (unpaired) electrons. The fourth-order valence-electron chi connectivity index (χ4n) is 3.06. The van der Waals surface area contributed by atoms with Gasteiger partial charge in [-0.1, -0.05) is 0 Å². The molecule has 0 bridgehead atoms. The summed E-state index contributed by atoms with van der Waals surface area (Å²) in [6.45, 7) is 3.11. The van der Waals surface area contributed by atoms with E-state index >= 15 is 0 Å². The average Bonchev–Trinajstić information content (AvgIpc) is 3.13. The molecule has 128 valence electrons. The Balaban J connectivity index is 1.42. The van der Waals surface area contributed by atoms with Crippen LogP contribution >= 0.6 is 0 Å². The van der Waals surface area contributed by atoms with E-state index in [4.69, 9.17) is 0 Å². The van der Waals surface area contributed by atoms with Crippen LogP contribution in [0.3, 0.4) is 0 Å². The lowest BCUT2D eigenvalue weighted by Crippen LogP contribution is -2.47. The van der Waals surface area contributed by atoms with E-state index in [-0.39, 0.29) is 12.1 Å². The predicted octanol–water partition coefficient (Wildman–Crippen LogP) is 1.98. The zero-order valence-corrected chi connectivity index (χ0v) is 14.0. The van der Waals surface area contributed by atoms with Crippen molar-refractivity contribution in [3.63, 3.8) is 0 Å². The highest BCUT2D eigenvalue weighted by molar-refractivity contribution is 5.89. The number of likely N-dealkylation sites (tertiary alicyclic amines) is 1. The fraction of sp³-hybridized carbons (Fsp3) is 0.471. The number of carbonyl (C=O) groups excluding carboxylic acids is 1. The first-order valence-corrected chi connectivity index (χ1v) is 8.36. The van der Waals surface area contributed by atoms with Gasteiger partial charge in [0.2, 0.25) is 0 Å². The molecule has 7 nitrogen and oxygen atoms in total. The maximum Gasteiger partial charge on any atom is 0.321 e. The normalized spacial score (nSPS) is 16.0. The van der Waals surface area contributed by atoms with Crippen molar-refractivity contribution in [2.24, 2.45) is 0 Å². The number of carbonyl (C=O) groups is 1. The van der Waals surface area contributed by atoms with Crippen molar-refractivity contribution in [2.45, 2.75) is 25.3 Å². The van der Waals surface area contributed by atoms with E-state index < -0.39 is 0 Å². The number of nitrogens with zero attached hydrogens (tertiary/aromatic N) is 4. The van der Waals surface area contributed by atoms with Crippen molar-refractivity contribution in [3.05, 3.63) is 42.5 Å². The molecule has 2 N–H and O–H groups in total. The summed E-state index contributed by atoms with van der Waals surface area (Å²) in [6, 6.07) is 4.35. The van der Waals surface area contributed by atoms with Crippen molar-refractivity contribution in [2.75, 3.05) is 32.0 Å². The van der Waals surface area contributed by atoms with Crippen molar-refractivity contribution >= 4 is 11.7 Å². The molecule has 0 atom stereocenters. The minimum absolute atomic E-state index is 0.0772. The summed E-state index contributed by atoms with van der Waals surface area (Å²) in [4.78, 5) is 20.6. The SMILES string of the molecule is CN(C(=O)Nc1cn[nH]c1)C1CCN(CCc2ccncc2)CC1. The molecule has 7 heteroatoms. The molecule has 3 rings (SSSR count). The van der Waals surface area contributed by atoms with Gasteiger partial charge in [0.15, 0.2) is 0 Å². The molecule has 24 heavy (non-hydrogen) atoms. The van der Waals surface area contributed by atoms with Crippen LogP contribution in [0.5, 0.6) is 0 Å².